The zero-order chi connectivity index (χ0) is 9.52. The van der Waals surface area contributed by atoms with Crippen LogP contribution in [0.2, 0.25) is 0 Å². The van der Waals surface area contributed by atoms with Crippen LogP contribution in [-0.4, -0.2) is 26.3 Å². The maximum absolute atomic E-state index is 5.37. The summed E-state index contributed by atoms with van der Waals surface area (Å²) in [5.41, 5.74) is 0. The first kappa shape index (κ1) is 11.0. The van der Waals surface area contributed by atoms with Crippen molar-refractivity contribution in [1.82, 2.24) is 5.32 Å². The van der Waals surface area contributed by atoms with Gasteiger partial charge in [0.2, 0.25) is 0 Å². The molecule has 13 heavy (non-hydrogen) atoms. The quantitative estimate of drug-likeness (QED) is 0.709. The average Bonchev–Trinajstić information content (AvgIpc) is 2.21. The van der Waals surface area contributed by atoms with Crippen LogP contribution in [0.3, 0.4) is 0 Å². The molecule has 0 aliphatic carbocycles. The Balaban J connectivity index is 2.26. The Hall–Kier alpha value is -0.0800. The molecule has 1 fully saturated rings. The summed E-state index contributed by atoms with van der Waals surface area (Å²) in [6.07, 6.45) is 6.48. The molecule has 0 radical (unpaired) electrons. The van der Waals surface area contributed by atoms with Gasteiger partial charge < -0.3 is 10.1 Å². The minimum Gasteiger partial charge on any atom is -0.381 e. The third-order valence-electron chi connectivity index (χ3n) is 3.07. The Morgan fingerprint density at radius 3 is 2.62 bits per heavy atom. The molecule has 1 unspecified atom stereocenters. The third kappa shape index (κ3) is 3.65. The minimum absolute atomic E-state index is 0.726. The van der Waals surface area contributed by atoms with Gasteiger partial charge in [0, 0.05) is 19.3 Å². The SMILES string of the molecule is CCCCC(NC)C1CCOCC1. The van der Waals surface area contributed by atoms with E-state index < -0.39 is 0 Å². The molecule has 0 aromatic heterocycles. The van der Waals surface area contributed by atoms with Crippen molar-refractivity contribution in [2.75, 3.05) is 20.3 Å². The van der Waals surface area contributed by atoms with Crippen molar-refractivity contribution < 1.29 is 4.74 Å². The third-order valence-corrected chi connectivity index (χ3v) is 3.07. The maximum atomic E-state index is 5.37. The molecule has 1 aliphatic heterocycles. The van der Waals surface area contributed by atoms with E-state index in [1.165, 1.54) is 32.1 Å². The van der Waals surface area contributed by atoms with Gasteiger partial charge in [0.15, 0.2) is 0 Å². The molecular weight excluding hydrogens is 162 g/mol. The summed E-state index contributed by atoms with van der Waals surface area (Å²) >= 11 is 0. The lowest BCUT2D eigenvalue weighted by Crippen LogP contribution is -2.36. The standard InChI is InChI=1S/C11H23NO/c1-3-4-5-11(12-2)10-6-8-13-9-7-10/h10-12H,3-9H2,1-2H3. The van der Waals surface area contributed by atoms with E-state index in [9.17, 15) is 0 Å². The first-order chi connectivity index (χ1) is 6.38. The number of hydrogen-bond donors (Lipinski definition) is 1. The van der Waals surface area contributed by atoms with Crippen molar-refractivity contribution in [3.8, 4) is 0 Å². The summed E-state index contributed by atoms with van der Waals surface area (Å²) in [7, 11) is 2.09. The Morgan fingerprint density at radius 2 is 2.08 bits per heavy atom. The van der Waals surface area contributed by atoms with E-state index in [2.05, 4.69) is 19.3 Å². The van der Waals surface area contributed by atoms with E-state index >= 15 is 0 Å². The van der Waals surface area contributed by atoms with Gasteiger partial charge in [-0.25, -0.2) is 0 Å². The van der Waals surface area contributed by atoms with E-state index in [0.29, 0.717) is 0 Å². The van der Waals surface area contributed by atoms with Gasteiger partial charge in [0.25, 0.3) is 0 Å². The lowest BCUT2D eigenvalue weighted by atomic mass is 9.89. The lowest BCUT2D eigenvalue weighted by molar-refractivity contribution is 0.0533. The van der Waals surface area contributed by atoms with Crippen LogP contribution in [0.4, 0.5) is 0 Å². The first-order valence-electron chi connectivity index (χ1n) is 5.63. The van der Waals surface area contributed by atoms with Gasteiger partial charge in [-0.05, 0) is 32.2 Å². The second-order valence-corrected chi connectivity index (χ2v) is 3.99. The van der Waals surface area contributed by atoms with Crippen molar-refractivity contribution in [3.63, 3.8) is 0 Å². The molecule has 1 aliphatic rings. The van der Waals surface area contributed by atoms with Gasteiger partial charge >= 0.3 is 0 Å². The Morgan fingerprint density at radius 1 is 1.38 bits per heavy atom. The van der Waals surface area contributed by atoms with Gasteiger partial charge in [0.1, 0.15) is 0 Å². The highest BCUT2D eigenvalue weighted by Gasteiger charge is 2.21. The zero-order valence-electron chi connectivity index (χ0n) is 9.01. The fraction of sp³-hybridized carbons (Fsp3) is 1.00. The maximum Gasteiger partial charge on any atom is 0.0469 e. The van der Waals surface area contributed by atoms with E-state index in [4.69, 9.17) is 4.74 Å². The number of unbranched alkanes of at least 4 members (excludes halogenated alkanes) is 1. The molecule has 2 heteroatoms. The molecule has 0 aromatic carbocycles. The molecule has 1 atom stereocenters. The van der Waals surface area contributed by atoms with Crippen molar-refractivity contribution in [3.05, 3.63) is 0 Å². The Kier molecular flexibility index (Phi) is 5.40. The fourth-order valence-corrected chi connectivity index (χ4v) is 2.16. The van der Waals surface area contributed by atoms with Crippen LogP contribution in [0.15, 0.2) is 0 Å². The minimum atomic E-state index is 0.726. The summed E-state index contributed by atoms with van der Waals surface area (Å²) in [5, 5.41) is 3.45. The fourth-order valence-electron chi connectivity index (χ4n) is 2.16. The van der Waals surface area contributed by atoms with Crippen LogP contribution >= 0.6 is 0 Å². The van der Waals surface area contributed by atoms with Crippen molar-refractivity contribution >= 4 is 0 Å². The molecule has 0 spiro atoms. The largest absolute Gasteiger partial charge is 0.381 e. The summed E-state index contributed by atoms with van der Waals surface area (Å²) in [4.78, 5) is 0. The summed E-state index contributed by atoms with van der Waals surface area (Å²) in [5.74, 6) is 0.852. The molecule has 1 saturated heterocycles. The molecule has 0 bridgehead atoms. The van der Waals surface area contributed by atoms with Crippen LogP contribution in [-0.2, 0) is 4.74 Å². The van der Waals surface area contributed by atoms with E-state index in [1.807, 2.05) is 0 Å². The average molecular weight is 185 g/mol. The molecule has 1 heterocycles. The molecule has 1 rings (SSSR count). The monoisotopic (exact) mass is 185 g/mol. The van der Waals surface area contributed by atoms with Gasteiger partial charge in [-0.1, -0.05) is 19.8 Å². The molecule has 0 amide bonds. The predicted octanol–water partition coefficient (Wildman–Crippen LogP) is 2.19. The van der Waals surface area contributed by atoms with Crippen LogP contribution in [0, 0.1) is 5.92 Å². The van der Waals surface area contributed by atoms with E-state index in [-0.39, 0.29) is 0 Å². The second kappa shape index (κ2) is 6.39. The van der Waals surface area contributed by atoms with Gasteiger partial charge in [-0.15, -0.1) is 0 Å². The number of ether oxygens (including phenoxy) is 1. The number of rotatable bonds is 5. The molecule has 1 N–H and O–H groups in total. The molecule has 78 valence electrons. The summed E-state index contributed by atoms with van der Waals surface area (Å²) in [6, 6.07) is 0.726. The normalized spacial score (nSPS) is 21.7. The molecule has 0 aromatic rings. The highest BCUT2D eigenvalue weighted by atomic mass is 16.5. The second-order valence-electron chi connectivity index (χ2n) is 3.99. The molecule has 0 saturated carbocycles. The first-order valence-corrected chi connectivity index (χ1v) is 5.63. The van der Waals surface area contributed by atoms with Crippen molar-refractivity contribution in [1.29, 1.82) is 0 Å². The summed E-state index contributed by atoms with van der Waals surface area (Å²) in [6.45, 7) is 4.20. The van der Waals surface area contributed by atoms with Crippen LogP contribution in [0.5, 0.6) is 0 Å². The highest BCUT2D eigenvalue weighted by molar-refractivity contribution is 4.77. The van der Waals surface area contributed by atoms with Crippen LogP contribution in [0.25, 0.3) is 0 Å². The van der Waals surface area contributed by atoms with Crippen LogP contribution in [0.1, 0.15) is 39.0 Å². The Bertz CT molecular complexity index is 121. The van der Waals surface area contributed by atoms with Crippen molar-refractivity contribution in [2.24, 2.45) is 5.92 Å². The molecule has 2 nitrogen and oxygen atoms in total. The number of nitrogens with one attached hydrogen (secondary N) is 1. The predicted molar refractivity (Wildman–Crippen MR) is 55.9 cm³/mol. The van der Waals surface area contributed by atoms with Gasteiger partial charge in [-0.2, -0.15) is 0 Å². The van der Waals surface area contributed by atoms with E-state index in [0.717, 1.165) is 25.2 Å². The smallest absolute Gasteiger partial charge is 0.0469 e. The topological polar surface area (TPSA) is 21.3 Å². The Labute approximate surface area is 82.0 Å². The van der Waals surface area contributed by atoms with Gasteiger partial charge in [0.05, 0.1) is 0 Å². The molecular formula is C11H23NO. The van der Waals surface area contributed by atoms with E-state index in [1.54, 1.807) is 0 Å². The highest BCUT2D eigenvalue weighted by Crippen LogP contribution is 2.21. The summed E-state index contributed by atoms with van der Waals surface area (Å²) < 4.78 is 5.37. The van der Waals surface area contributed by atoms with Crippen LogP contribution < -0.4 is 5.32 Å². The van der Waals surface area contributed by atoms with Crippen molar-refractivity contribution in [2.45, 2.75) is 45.1 Å². The zero-order valence-corrected chi connectivity index (χ0v) is 9.01. The van der Waals surface area contributed by atoms with Gasteiger partial charge in [-0.3, -0.25) is 0 Å². The number of hydrogen-bond acceptors (Lipinski definition) is 2. The lowest BCUT2D eigenvalue weighted by Gasteiger charge is -2.30.